The molecule has 6 heteroatoms. The van der Waals surface area contributed by atoms with Gasteiger partial charge in [-0.2, -0.15) is 0 Å². The zero-order valence-corrected chi connectivity index (χ0v) is 77.5. The number of hydrogen-bond donors (Lipinski definition) is 1. The highest BCUT2D eigenvalue weighted by molar-refractivity contribution is 9.11. The third-order valence-corrected chi connectivity index (χ3v) is 29.6. The molecule has 2 heterocycles. The van der Waals surface area contributed by atoms with E-state index in [2.05, 4.69) is 522 Å². The Labute approximate surface area is 797 Å². The van der Waals surface area contributed by atoms with Gasteiger partial charge in [0.2, 0.25) is 0 Å². The molecule has 0 fully saturated rings. The van der Waals surface area contributed by atoms with Crippen LogP contribution in [0.4, 0.5) is 22.7 Å². The molecule has 0 atom stereocenters. The SMILES string of the molecule is Brc1cc2ccccc2c2ccccc12.Brc1ccc(-c2ccccc2)c2c1sc1ccccc12.Nc1ccc(-c2ccc3ccccc3c2)cc1.c1ccc(-c2ccc(N(c3ccc(-c4ccc5ccccc5c4)cc3)c3cc4ccccc4c4ccccc34)c3sc4ccccc4c23)cc1.c1ccc2cc(-c3ccc(Cc4cc5ccccc5c5ccccc45)cc3)ccc2c1. The van der Waals surface area contributed by atoms with Crippen LogP contribution in [0.1, 0.15) is 11.1 Å². The van der Waals surface area contributed by atoms with Crippen LogP contribution in [-0.2, 0) is 6.42 Å². The molecular weight excluding hydrogens is 1780 g/mol. The average molecular weight is 1860 g/mol. The Kier molecular flexibility index (Phi) is 23.3. The normalized spacial score (nSPS) is 11.3. The topological polar surface area (TPSA) is 29.3 Å². The highest BCUT2D eigenvalue weighted by Crippen LogP contribution is 2.52. The van der Waals surface area contributed by atoms with Gasteiger partial charge in [0.05, 0.1) is 20.8 Å². The summed E-state index contributed by atoms with van der Waals surface area (Å²) in [6.45, 7) is 0. The number of halogens is 2. The van der Waals surface area contributed by atoms with Crippen molar-refractivity contribution >= 4 is 215 Å². The summed E-state index contributed by atoms with van der Waals surface area (Å²) in [5, 5.41) is 28.4. The fourth-order valence-electron chi connectivity index (χ4n) is 19.0. The summed E-state index contributed by atoms with van der Waals surface area (Å²) in [6.07, 6.45) is 0.934. The lowest BCUT2D eigenvalue weighted by Gasteiger charge is -2.28. The van der Waals surface area contributed by atoms with Crippen molar-refractivity contribution in [3.8, 4) is 55.6 Å². The molecule has 26 aromatic rings. The van der Waals surface area contributed by atoms with Gasteiger partial charge in [-0.1, -0.05) is 435 Å². The first-order valence-electron chi connectivity index (χ1n) is 45.0. The van der Waals surface area contributed by atoms with Crippen molar-refractivity contribution in [3.63, 3.8) is 0 Å². The first-order valence-corrected chi connectivity index (χ1v) is 48.2. The van der Waals surface area contributed by atoms with Gasteiger partial charge in [0.25, 0.3) is 0 Å². The van der Waals surface area contributed by atoms with E-state index in [1.807, 2.05) is 34.8 Å². The number of hydrogen-bond acceptors (Lipinski definition) is 4. The van der Waals surface area contributed by atoms with Crippen LogP contribution < -0.4 is 10.6 Å². The summed E-state index contributed by atoms with van der Waals surface area (Å²) in [5.74, 6) is 0. The molecule has 0 aliphatic heterocycles. The fraction of sp³-hybridized carbons (Fsp3) is 0.00787. The van der Waals surface area contributed by atoms with E-state index in [0.717, 1.165) is 22.3 Å². The van der Waals surface area contributed by atoms with Crippen LogP contribution in [0.2, 0.25) is 0 Å². The minimum absolute atomic E-state index is 0.800. The number of nitrogen functional groups attached to an aromatic ring is 1. The third kappa shape index (κ3) is 17.0. The number of thiophene rings is 2. The highest BCUT2D eigenvalue weighted by atomic mass is 79.9. The van der Waals surface area contributed by atoms with Crippen molar-refractivity contribution in [2.45, 2.75) is 6.42 Å². The van der Waals surface area contributed by atoms with Crippen molar-refractivity contribution in [2.24, 2.45) is 0 Å². The van der Waals surface area contributed by atoms with E-state index in [-0.39, 0.29) is 0 Å². The molecule has 0 aliphatic rings. The predicted octanol–water partition coefficient (Wildman–Crippen LogP) is 38.1. The predicted molar refractivity (Wildman–Crippen MR) is 586 cm³/mol. The Hall–Kier alpha value is -15.4. The van der Waals surface area contributed by atoms with Crippen molar-refractivity contribution in [3.05, 3.63) is 518 Å². The van der Waals surface area contributed by atoms with Gasteiger partial charge >= 0.3 is 0 Å². The fourth-order valence-corrected chi connectivity index (χ4v) is 22.6. The highest BCUT2D eigenvalue weighted by Gasteiger charge is 2.24. The summed E-state index contributed by atoms with van der Waals surface area (Å²) in [4.78, 5) is 2.49. The number of nitrogens with two attached hydrogens (primary N) is 1. The quantitative estimate of drug-likeness (QED) is 0.109. The minimum Gasteiger partial charge on any atom is -0.399 e. The van der Waals surface area contributed by atoms with Crippen molar-refractivity contribution < 1.29 is 0 Å². The number of anilines is 4. The van der Waals surface area contributed by atoms with Crippen LogP contribution in [0.3, 0.4) is 0 Å². The van der Waals surface area contributed by atoms with Crippen LogP contribution in [0.15, 0.2) is 506 Å². The zero-order valence-electron chi connectivity index (χ0n) is 72.6. The molecule has 2 aromatic heterocycles. The molecule has 630 valence electrons. The van der Waals surface area contributed by atoms with Crippen LogP contribution in [0.25, 0.3) is 193 Å². The first kappa shape index (κ1) is 83.2. The Balaban J connectivity index is 0.000000105. The smallest absolute Gasteiger partial charge is 0.0641 e. The van der Waals surface area contributed by atoms with Gasteiger partial charge in [-0.3, -0.25) is 0 Å². The molecule has 0 spiro atoms. The van der Waals surface area contributed by atoms with E-state index in [0.29, 0.717) is 0 Å². The summed E-state index contributed by atoms with van der Waals surface area (Å²) in [6, 6.07) is 178. The molecular formula is C127H86Br2N2S2. The molecule has 0 saturated heterocycles. The van der Waals surface area contributed by atoms with Crippen LogP contribution in [0.5, 0.6) is 0 Å². The number of rotatable bonds is 10. The van der Waals surface area contributed by atoms with Crippen LogP contribution in [0, 0.1) is 0 Å². The second kappa shape index (κ2) is 37.2. The summed E-state index contributed by atoms with van der Waals surface area (Å²) >= 11 is 11.0. The Morgan fingerprint density at radius 2 is 0.556 bits per heavy atom. The molecule has 0 amide bonds. The van der Waals surface area contributed by atoms with E-state index in [1.165, 1.54) is 220 Å². The average Bonchev–Trinajstić information content (AvgIpc) is 1.68. The van der Waals surface area contributed by atoms with E-state index in [4.69, 9.17) is 5.73 Å². The molecule has 26 rings (SSSR count). The van der Waals surface area contributed by atoms with Crippen molar-refractivity contribution in [1.82, 2.24) is 0 Å². The lowest BCUT2D eigenvalue weighted by molar-refractivity contribution is 1.22. The number of nitrogens with zero attached hydrogens (tertiary/aromatic N) is 1. The molecule has 0 saturated carbocycles. The maximum absolute atomic E-state index is 5.70. The third-order valence-electron chi connectivity index (χ3n) is 25.6. The summed E-state index contributed by atoms with van der Waals surface area (Å²) in [7, 11) is 0. The van der Waals surface area contributed by atoms with Gasteiger partial charge in [0, 0.05) is 56.7 Å². The maximum atomic E-state index is 5.70. The molecule has 2 nitrogen and oxygen atoms in total. The van der Waals surface area contributed by atoms with Gasteiger partial charge in [-0.15, -0.1) is 22.7 Å². The van der Waals surface area contributed by atoms with Crippen molar-refractivity contribution in [1.29, 1.82) is 0 Å². The molecule has 0 radical (unpaired) electrons. The summed E-state index contributed by atoms with van der Waals surface area (Å²) < 4.78 is 7.58. The Morgan fingerprint density at radius 1 is 0.211 bits per heavy atom. The molecule has 24 aromatic carbocycles. The largest absolute Gasteiger partial charge is 0.399 e. The number of fused-ring (bicyclic) bond motifs is 18. The van der Waals surface area contributed by atoms with Crippen molar-refractivity contribution in [2.75, 3.05) is 10.6 Å². The van der Waals surface area contributed by atoms with Crippen LogP contribution in [-0.4, -0.2) is 0 Å². The van der Waals surface area contributed by atoms with Gasteiger partial charge in [0.1, 0.15) is 0 Å². The van der Waals surface area contributed by atoms with E-state index in [9.17, 15) is 0 Å². The van der Waals surface area contributed by atoms with Gasteiger partial charge in [-0.05, 0) is 260 Å². The molecule has 133 heavy (non-hydrogen) atoms. The maximum Gasteiger partial charge on any atom is 0.0641 e. The van der Waals surface area contributed by atoms with Crippen LogP contribution >= 0.6 is 54.5 Å². The van der Waals surface area contributed by atoms with Gasteiger partial charge in [0.15, 0.2) is 0 Å². The molecule has 0 aliphatic carbocycles. The monoisotopic (exact) mass is 1860 g/mol. The van der Waals surface area contributed by atoms with E-state index in [1.54, 1.807) is 0 Å². The van der Waals surface area contributed by atoms with Gasteiger partial charge < -0.3 is 10.6 Å². The standard InChI is InChI=1S/C48H31NS.C31H22.C18H11BrS.C16H13N.C14H9Br/c1-2-13-34(14-3-1)40-28-29-44(48-47(40)43-20-10-11-21-46(43)50-48)49(45-31-37-16-6-7-17-39(37)41-18-8-9-19-42(41)45)38-26-24-33(25-27-38)36-23-22-32-12-4-5-15-35(32)30-36;1-2-8-25-20-26(18-17-23(25)7-1)24-15-13-22(14-16-24)19-28-21-27-9-3-4-10-29(27)31-12-6-5-11-30(28)31;19-15-11-10-13(12-6-2-1-3-7-12)17-14-8-4-5-9-16(14)20-18(15)17;17-16-9-7-13(8-10-16)15-6-5-12-3-1-2-4-14(12)11-15;15-14-9-10-5-1-2-6-11(10)12-7-3-4-8-13(12)14/h1-31H;1-18,20-21H,19H2;1-11H;1-11H,17H2;1-9H. The minimum atomic E-state index is 0.800. The Morgan fingerprint density at radius 3 is 1.05 bits per heavy atom. The first-order chi connectivity index (χ1) is 65.7. The second-order valence-electron chi connectivity index (χ2n) is 33.7. The molecule has 2 N–H and O–H groups in total. The molecule has 0 bridgehead atoms. The summed E-state index contributed by atoms with van der Waals surface area (Å²) in [5.41, 5.74) is 25.1. The lowest BCUT2D eigenvalue weighted by Crippen LogP contribution is -2.11. The second-order valence-corrected chi connectivity index (χ2v) is 37.5. The number of benzene rings is 24. The van der Waals surface area contributed by atoms with Gasteiger partial charge in [-0.25, -0.2) is 0 Å². The van der Waals surface area contributed by atoms with E-state index < -0.39 is 0 Å². The Bertz CT molecular complexity index is 8830. The zero-order chi connectivity index (χ0) is 89.1. The molecule has 0 unspecified atom stereocenters. The van der Waals surface area contributed by atoms with E-state index >= 15 is 0 Å². The lowest BCUT2D eigenvalue weighted by atomic mass is 9.93.